The number of rotatable bonds is 10. The highest BCUT2D eigenvalue weighted by Crippen LogP contribution is 2.39. The van der Waals surface area contributed by atoms with Crippen molar-refractivity contribution in [1.29, 1.82) is 0 Å². The fourth-order valence-corrected chi connectivity index (χ4v) is 4.37. The van der Waals surface area contributed by atoms with Gasteiger partial charge in [0.2, 0.25) is 0 Å². The van der Waals surface area contributed by atoms with Crippen molar-refractivity contribution < 1.29 is 23.7 Å². The maximum atomic E-state index is 11.8. The third kappa shape index (κ3) is 6.11. The van der Waals surface area contributed by atoms with Crippen LogP contribution < -0.4 is 4.74 Å². The molecule has 3 rings (SSSR count). The normalized spacial score (nSPS) is 16.5. The zero-order chi connectivity index (χ0) is 21.2. The molecule has 1 atom stereocenters. The van der Waals surface area contributed by atoms with E-state index >= 15 is 0 Å². The summed E-state index contributed by atoms with van der Waals surface area (Å²) >= 11 is 1.68. The number of benzene rings is 2. The Morgan fingerprint density at radius 2 is 1.83 bits per heavy atom. The summed E-state index contributed by atoms with van der Waals surface area (Å²) in [5.41, 5.74) is 1.02. The van der Waals surface area contributed by atoms with Crippen molar-refractivity contribution in [2.45, 2.75) is 35.7 Å². The standard InChI is InChI=1S/C24H28O5S/c1-3-27-23(25)14-13-22(30-21-11-9-20(26-2)10-12-21)15-16-24(28-17-18-29-24)19-7-5-4-6-8-19/h4-14,22H,3,15-18H2,1-2H3/b14-13+/t22-/m0/s1. The first kappa shape index (κ1) is 22.4. The van der Waals surface area contributed by atoms with Gasteiger partial charge in [-0.3, -0.25) is 0 Å². The van der Waals surface area contributed by atoms with E-state index in [0.717, 1.165) is 22.6 Å². The maximum absolute atomic E-state index is 11.8. The quantitative estimate of drug-likeness (QED) is 0.303. The molecule has 0 spiro atoms. The molecule has 2 aromatic carbocycles. The summed E-state index contributed by atoms with van der Waals surface area (Å²) in [7, 11) is 1.65. The molecule has 0 amide bonds. The summed E-state index contributed by atoms with van der Waals surface area (Å²) in [5.74, 6) is -0.254. The fourth-order valence-electron chi connectivity index (χ4n) is 3.33. The molecule has 0 aliphatic carbocycles. The van der Waals surface area contributed by atoms with Gasteiger partial charge in [-0.2, -0.15) is 0 Å². The highest BCUT2D eigenvalue weighted by atomic mass is 32.2. The third-order valence-electron chi connectivity index (χ3n) is 4.81. The van der Waals surface area contributed by atoms with Crippen LogP contribution in [-0.4, -0.2) is 38.1 Å². The van der Waals surface area contributed by atoms with Crippen LogP contribution in [-0.2, 0) is 24.8 Å². The van der Waals surface area contributed by atoms with Gasteiger partial charge in [-0.15, -0.1) is 11.8 Å². The van der Waals surface area contributed by atoms with Crippen molar-refractivity contribution in [2.75, 3.05) is 26.9 Å². The van der Waals surface area contributed by atoms with Crippen LogP contribution in [0.1, 0.15) is 25.3 Å². The fraction of sp³-hybridized carbons (Fsp3) is 0.375. The first-order chi connectivity index (χ1) is 14.6. The molecular formula is C24H28O5S. The number of hydrogen-bond donors (Lipinski definition) is 0. The summed E-state index contributed by atoms with van der Waals surface area (Å²) < 4.78 is 22.4. The van der Waals surface area contributed by atoms with Crippen molar-refractivity contribution in [2.24, 2.45) is 0 Å². The lowest BCUT2D eigenvalue weighted by molar-refractivity contribution is -0.171. The number of methoxy groups -OCH3 is 1. The van der Waals surface area contributed by atoms with Gasteiger partial charge in [0, 0.05) is 28.2 Å². The van der Waals surface area contributed by atoms with Crippen LogP contribution in [0.15, 0.2) is 71.6 Å². The van der Waals surface area contributed by atoms with Gasteiger partial charge >= 0.3 is 5.97 Å². The third-order valence-corrected chi connectivity index (χ3v) is 6.05. The Balaban J connectivity index is 1.74. The molecular weight excluding hydrogens is 400 g/mol. The molecule has 1 saturated heterocycles. The van der Waals surface area contributed by atoms with Gasteiger partial charge < -0.3 is 18.9 Å². The summed E-state index contributed by atoms with van der Waals surface area (Å²) in [4.78, 5) is 12.9. The van der Waals surface area contributed by atoms with Crippen LogP contribution in [0.25, 0.3) is 0 Å². The van der Waals surface area contributed by atoms with Crippen LogP contribution in [0.4, 0.5) is 0 Å². The van der Waals surface area contributed by atoms with Crippen LogP contribution >= 0.6 is 11.8 Å². The zero-order valence-electron chi connectivity index (χ0n) is 17.4. The Labute approximate surface area is 182 Å². The molecule has 0 unspecified atom stereocenters. The number of thioether (sulfide) groups is 1. The molecule has 30 heavy (non-hydrogen) atoms. The number of hydrogen-bond acceptors (Lipinski definition) is 6. The lowest BCUT2D eigenvalue weighted by atomic mass is 9.99. The molecule has 5 nitrogen and oxygen atoms in total. The topological polar surface area (TPSA) is 54.0 Å². The molecule has 0 N–H and O–H groups in total. The van der Waals surface area contributed by atoms with Gasteiger partial charge in [-0.25, -0.2) is 4.79 Å². The van der Waals surface area contributed by atoms with E-state index in [0.29, 0.717) is 26.2 Å². The Kier molecular flexibility index (Phi) is 8.37. The van der Waals surface area contributed by atoms with Crippen LogP contribution in [0.3, 0.4) is 0 Å². The minimum Gasteiger partial charge on any atom is -0.497 e. The molecule has 160 valence electrons. The van der Waals surface area contributed by atoms with Gasteiger partial charge in [-0.05, 0) is 37.6 Å². The molecule has 2 aromatic rings. The molecule has 0 saturated carbocycles. The number of carbonyl (C=O) groups excluding carboxylic acids is 1. The van der Waals surface area contributed by atoms with Gasteiger partial charge in [0.1, 0.15) is 5.75 Å². The van der Waals surface area contributed by atoms with Gasteiger partial charge in [-0.1, -0.05) is 36.4 Å². The molecule has 1 aliphatic rings. The van der Waals surface area contributed by atoms with E-state index in [1.807, 2.05) is 60.7 Å². The van der Waals surface area contributed by atoms with Gasteiger partial charge in [0.05, 0.1) is 26.9 Å². The van der Waals surface area contributed by atoms with Crippen LogP contribution in [0.5, 0.6) is 5.75 Å². The number of ether oxygens (including phenoxy) is 4. The van der Waals surface area contributed by atoms with Crippen molar-refractivity contribution in [3.63, 3.8) is 0 Å². The summed E-state index contributed by atoms with van der Waals surface area (Å²) in [6.07, 6.45) is 4.86. The molecule has 1 aliphatic heterocycles. The zero-order valence-corrected chi connectivity index (χ0v) is 18.2. The predicted octanol–water partition coefficient (Wildman–Crippen LogP) is 4.96. The van der Waals surface area contributed by atoms with Crippen LogP contribution in [0.2, 0.25) is 0 Å². The van der Waals surface area contributed by atoms with Crippen molar-refractivity contribution in [3.05, 3.63) is 72.3 Å². The lowest BCUT2D eigenvalue weighted by Crippen LogP contribution is -2.28. The molecule has 1 fully saturated rings. The van der Waals surface area contributed by atoms with Crippen LogP contribution in [0, 0.1) is 0 Å². The Morgan fingerprint density at radius 3 is 2.47 bits per heavy atom. The smallest absolute Gasteiger partial charge is 0.330 e. The monoisotopic (exact) mass is 428 g/mol. The summed E-state index contributed by atoms with van der Waals surface area (Å²) in [6.45, 7) is 3.31. The Bertz CT molecular complexity index is 813. The van der Waals surface area contributed by atoms with Crippen molar-refractivity contribution in [1.82, 2.24) is 0 Å². The second-order valence-corrected chi connectivity index (χ2v) is 8.11. The van der Waals surface area contributed by atoms with Gasteiger partial charge in [0.25, 0.3) is 0 Å². The summed E-state index contributed by atoms with van der Waals surface area (Å²) in [5, 5.41) is 0.0520. The second kappa shape index (κ2) is 11.2. The maximum Gasteiger partial charge on any atom is 0.330 e. The van der Waals surface area contributed by atoms with E-state index in [4.69, 9.17) is 18.9 Å². The highest BCUT2D eigenvalue weighted by Gasteiger charge is 2.38. The van der Waals surface area contributed by atoms with E-state index in [1.54, 1.807) is 25.8 Å². The number of carbonyl (C=O) groups is 1. The molecule has 1 heterocycles. The van der Waals surface area contributed by atoms with Gasteiger partial charge in [0.15, 0.2) is 5.79 Å². The minimum atomic E-state index is -0.738. The van der Waals surface area contributed by atoms with Crippen molar-refractivity contribution >= 4 is 17.7 Å². The highest BCUT2D eigenvalue weighted by molar-refractivity contribution is 8.00. The first-order valence-corrected chi connectivity index (χ1v) is 11.0. The second-order valence-electron chi connectivity index (χ2n) is 6.80. The Hall–Kier alpha value is -2.28. The van der Waals surface area contributed by atoms with E-state index < -0.39 is 5.79 Å². The molecule has 6 heteroatoms. The van der Waals surface area contributed by atoms with E-state index in [-0.39, 0.29) is 11.2 Å². The molecule has 0 aromatic heterocycles. The first-order valence-electron chi connectivity index (χ1n) is 10.1. The van der Waals surface area contributed by atoms with E-state index in [2.05, 4.69) is 0 Å². The van der Waals surface area contributed by atoms with E-state index in [1.165, 1.54) is 6.08 Å². The minimum absolute atomic E-state index is 0.0520. The number of esters is 1. The molecule has 0 bridgehead atoms. The largest absolute Gasteiger partial charge is 0.497 e. The average molecular weight is 429 g/mol. The lowest BCUT2D eigenvalue weighted by Gasteiger charge is -2.29. The molecule has 0 radical (unpaired) electrons. The average Bonchev–Trinajstić information content (AvgIpc) is 3.27. The Morgan fingerprint density at radius 1 is 1.13 bits per heavy atom. The summed E-state index contributed by atoms with van der Waals surface area (Å²) in [6, 6.07) is 17.9. The SMILES string of the molecule is CCOC(=O)/C=C/[C@@H](CCC1(c2ccccc2)OCCO1)Sc1ccc(OC)cc1. The van der Waals surface area contributed by atoms with E-state index in [9.17, 15) is 4.79 Å². The van der Waals surface area contributed by atoms with Crippen molar-refractivity contribution in [3.8, 4) is 5.75 Å². The predicted molar refractivity (Wildman–Crippen MR) is 118 cm³/mol.